The number of anilines is 1. The van der Waals surface area contributed by atoms with Crippen LogP contribution in [0.4, 0.5) is 5.82 Å². The van der Waals surface area contributed by atoms with Gasteiger partial charge in [0.15, 0.2) is 0 Å². The normalized spacial score (nSPS) is 14.9. The molecule has 1 aromatic carbocycles. The number of hydrogen-bond donors (Lipinski definition) is 0. The summed E-state index contributed by atoms with van der Waals surface area (Å²) >= 11 is 6.44. The number of rotatable bonds is 6. The molecular formula is C25H28ClN3O4. The molecule has 7 nitrogen and oxygen atoms in total. The fraction of sp³-hybridized carbons (Fsp3) is 0.400. The molecule has 33 heavy (non-hydrogen) atoms. The van der Waals surface area contributed by atoms with Gasteiger partial charge in [0, 0.05) is 55.4 Å². The Morgan fingerprint density at radius 3 is 2.70 bits per heavy atom. The van der Waals surface area contributed by atoms with Crippen molar-refractivity contribution in [2.75, 3.05) is 37.7 Å². The first kappa shape index (κ1) is 23.3. The minimum Gasteiger partial charge on any atom is -0.462 e. The number of pyridine rings is 1. The molecule has 0 bridgehead atoms. The summed E-state index contributed by atoms with van der Waals surface area (Å²) in [5, 5.41) is 1.58. The molecule has 0 radical (unpaired) electrons. The van der Waals surface area contributed by atoms with Crippen molar-refractivity contribution >= 4 is 34.4 Å². The Bertz CT molecular complexity index is 1190. The van der Waals surface area contributed by atoms with Crippen LogP contribution in [0, 0.1) is 0 Å². The van der Waals surface area contributed by atoms with E-state index in [1.54, 1.807) is 25.3 Å². The summed E-state index contributed by atoms with van der Waals surface area (Å²) in [4.78, 5) is 33.1. The molecule has 0 N–H and O–H groups in total. The maximum absolute atomic E-state index is 12.2. The van der Waals surface area contributed by atoms with Crippen LogP contribution in [0.25, 0.3) is 11.0 Å². The molecule has 3 heterocycles. The average Bonchev–Trinajstić information content (AvgIpc) is 3.05. The van der Waals surface area contributed by atoms with E-state index in [9.17, 15) is 9.59 Å². The molecule has 2 aromatic heterocycles. The molecule has 0 atom stereocenters. The lowest BCUT2D eigenvalue weighted by molar-refractivity contribution is 0.0526. The van der Waals surface area contributed by atoms with E-state index in [-0.39, 0.29) is 11.6 Å². The molecule has 0 saturated carbocycles. The highest BCUT2D eigenvalue weighted by atomic mass is 35.5. The third-order valence-electron chi connectivity index (χ3n) is 5.94. The maximum atomic E-state index is 12.2. The van der Waals surface area contributed by atoms with Crippen molar-refractivity contribution in [2.45, 2.75) is 33.2 Å². The van der Waals surface area contributed by atoms with Gasteiger partial charge in [-0.2, -0.15) is 0 Å². The van der Waals surface area contributed by atoms with Gasteiger partial charge in [-0.25, -0.2) is 14.6 Å². The Morgan fingerprint density at radius 2 is 1.97 bits per heavy atom. The minimum absolute atomic E-state index is 0.340. The van der Waals surface area contributed by atoms with Crippen molar-refractivity contribution in [3.8, 4) is 0 Å². The Hall–Kier alpha value is -2.90. The molecule has 3 aromatic rings. The quantitative estimate of drug-likeness (QED) is 0.393. The zero-order valence-electron chi connectivity index (χ0n) is 19.0. The van der Waals surface area contributed by atoms with Crippen LogP contribution < -0.4 is 10.5 Å². The van der Waals surface area contributed by atoms with Crippen molar-refractivity contribution in [3.63, 3.8) is 0 Å². The van der Waals surface area contributed by atoms with Crippen LogP contribution in [0.5, 0.6) is 0 Å². The fourth-order valence-corrected chi connectivity index (χ4v) is 4.50. The van der Waals surface area contributed by atoms with Gasteiger partial charge in [-0.15, -0.1) is 0 Å². The first-order chi connectivity index (χ1) is 16.0. The summed E-state index contributed by atoms with van der Waals surface area (Å²) in [7, 11) is 0. The summed E-state index contributed by atoms with van der Waals surface area (Å²) in [6.45, 7) is 8.18. The second-order valence-electron chi connectivity index (χ2n) is 8.13. The van der Waals surface area contributed by atoms with Gasteiger partial charge in [0.2, 0.25) is 0 Å². The Balaban J connectivity index is 1.47. The molecule has 8 heteroatoms. The average molecular weight is 470 g/mol. The Morgan fingerprint density at radius 1 is 1.12 bits per heavy atom. The largest absolute Gasteiger partial charge is 0.462 e. The first-order valence-corrected chi connectivity index (χ1v) is 11.7. The molecule has 0 spiro atoms. The smallest absolute Gasteiger partial charge is 0.339 e. The van der Waals surface area contributed by atoms with Crippen molar-refractivity contribution in [1.29, 1.82) is 0 Å². The number of hydrogen-bond acceptors (Lipinski definition) is 7. The molecule has 1 aliphatic rings. The summed E-state index contributed by atoms with van der Waals surface area (Å²) in [6, 6.07) is 8.98. The summed E-state index contributed by atoms with van der Waals surface area (Å²) in [5.41, 5.74) is 2.59. The standard InChI is InChI=1S/C25H28ClN3O4/c1-3-17-12-22-20(14-21(17)26)19(13-24(30)33-22)16-28-8-5-9-29(11-10-28)23-7-6-18(15-27-23)25(31)32-4-2/h6-7,12-15H,3-5,8-11,16H2,1-2H3. The summed E-state index contributed by atoms with van der Waals surface area (Å²) in [6.07, 6.45) is 3.31. The monoisotopic (exact) mass is 469 g/mol. The topological polar surface area (TPSA) is 75.9 Å². The number of benzene rings is 1. The summed E-state index contributed by atoms with van der Waals surface area (Å²) < 4.78 is 10.5. The van der Waals surface area contributed by atoms with Gasteiger partial charge in [0.25, 0.3) is 0 Å². The van der Waals surface area contributed by atoms with E-state index >= 15 is 0 Å². The lowest BCUT2D eigenvalue weighted by Gasteiger charge is -2.23. The van der Waals surface area contributed by atoms with E-state index in [0.717, 1.165) is 61.4 Å². The molecule has 0 unspecified atom stereocenters. The van der Waals surface area contributed by atoms with Crippen molar-refractivity contribution < 1.29 is 13.9 Å². The van der Waals surface area contributed by atoms with Crippen LogP contribution in [0.3, 0.4) is 0 Å². The van der Waals surface area contributed by atoms with Gasteiger partial charge in [0.05, 0.1) is 12.2 Å². The number of nitrogens with zero attached hydrogens (tertiary/aromatic N) is 3. The molecule has 1 aliphatic heterocycles. The number of fused-ring (bicyclic) bond motifs is 1. The van der Waals surface area contributed by atoms with Crippen LogP contribution in [0.15, 0.2) is 45.7 Å². The molecular weight excluding hydrogens is 442 g/mol. The lowest BCUT2D eigenvalue weighted by Crippen LogP contribution is -2.31. The predicted octanol–water partition coefficient (Wildman–Crippen LogP) is 4.29. The van der Waals surface area contributed by atoms with E-state index in [1.165, 1.54) is 0 Å². The molecule has 1 saturated heterocycles. The SMILES string of the molecule is CCOC(=O)c1ccc(N2CCCN(Cc3cc(=O)oc4cc(CC)c(Cl)cc34)CC2)nc1. The highest BCUT2D eigenvalue weighted by Gasteiger charge is 2.19. The third-order valence-corrected chi connectivity index (χ3v) is 6.30. The van der Waals surface area contributed by atoms with E-state index in [1.807, 2.05) is 25.1 Å². The van der Waals surface area contributed by atoms with Crippen LogP contribution in [0.1, 0.15) is 41.8 Å². The van der Waals surface area contributed by atoms with Crippen molar-refractivity contribution in [2.24, 2.45) is 0 Å². The highest BCUT2D eigenvalue weighted by Crippen LogP contribution is 2.27. The maximum Gasteiger partial charge on any atom is 0.339 e. The van der Waals surface area contributed by atoms with Crippen LogP contribution in [-0.4, -0.2) is 48.6 Å². The number of aryl methyl sites for hydroxylation is 1. The molecule has 0 amide bonds. The van der Waals surface area contributed by atoms with Crippen LogP contribution in [-0.2, 0) is 17.7 Å². The van der Waals surface area contributed by atoms with Crippen molar-refractivity contribution in [3.05, 3.63) is 68.7 Å². The Kier molecular flexibility index (Phi) is 7.30. The predicted molar refractivity (Wildman–Crippen MR) is 129 cm³/mol. The lowest BCUT2D eigenvalue weighted by atomic mass is 10.1. The van der Waals surface area contributed by atoms with E-state index in [0.29, 0.717) is 29.3 Å². The molecule has 174 valence electrons. The van der Waals surface area contributed by atoms with Crippen molar-refractivity contribution in [1.82, 2.24) is 9.88 Å². The zero-order valence-corrected chi connectivity index (χ0v) is 19.7. The fourth-order valence-electron chi connectivity index (χ4n) is 4.20. The number of carbonyl (C=O) groups is 1. The van der Waals surface area contributed by atoms with Crippen LogP contribution >= 0.6 is 11.6 Å². The molecule has 1 fully saturated rings. The van der Waals surface area contributed by atoms with Crippen LogP contribution in [0.2, 0.25) is 5.02 Å². The number of ether oxygens (including phenoxy) is 1. The van der Waals surface area contributed by atoms with Gasteiger partial charge in [-0.3, -0.25) is 4.90 Å². The second kappa shape index (κ2) is 10.4. The second-order valence-corrected chi connectivity index (χ2v) is 8.53. The van der Waals surface area contributed by atoms with Gasteiger partial charge < -0.3 is 14.1 Å². The van der Waals surface area contributed by atoms with E-state index in [4.69, 9.17) is 20.8 Å². The van der Waals surface area contributed by atoms with Gasteiger partial charge in [0.1, 0.15) is 11.4 Å². The third kappa shape index (κ3) is 5.37. The van der Waals surface area contributed by atoms with E-state index < -0.39 is 0 Å². The molecule has 0 aliphatic carbocycles. The summed E-state index contributed by atoms with van der Waals surface area (Å²) in [5.74, 6) is 0.485. The van der Waals surface area contributed by atoms with Gasteiger partial charge >= 0.3 is 11.6 Å². The molecule has 4 rings (SSSR count). The van der Waals surface area contributed by atoms with Gasteiger partial charge in [-0.05, 0) is 55.2 Å². The van der Waals surface area contributed by atoms with E-state index in [2.05, 4.69) is 14.8 Å². The van der Waals surface area contributed by atoms with Gasteiger partial charge in [-0.1, -0.05) is 18.5 Å². The Labute approximate surface area is 197 Å². The highest BCUT2D eigenvalue weighted by molar-refractivity contribution is 6.32. The number of esters is 1. The first-order valence-electron chi connectivity index (χ1n) is 11.3. The number of carbonyl (C=O) groups excluding carboxylic acids is 1. The zero-order chi connectivity index (χ0) is 23.4. The minimum atomic E-state index is -0.357. The number of halogens is 1. The number of aromatic nitrogens is 1.